The summed E-state index contributed by atoms with van der Waals surface area (Å²) in [6, 6.07) is 2.45. The Hall–Kier alpha value is -1.31. The molecule has 0 radical (unpaired) electrons. The van der Waals surface area contributed by atoms with Crippen molar-refractivity contribution in [2.75, 3.05) is 0 Å². The second-order valence-corrected chi connectivity index (χ2v) is 4.31. The van der Waals surface area contributed by atoms with E-state index in [0.29, 0.717) is 0 Å². The van der Waals surface area contributed by atoms with Crippen molar-refractivity contribution in [1.29, 1.82) is 0 Å². The van der Waals surface area contributed by atoms with Gasteiger partial charge in [-0.2, -0.15) is 26.3 Å². The van der Waals surface area contributed by atoms with Crippen LogP contribution in [-0.2, 0) is 11.2 Å². The Morgan fingerprint density at radius 2 is 1.60 bits per heavy atom. The van der Waals surface area contributed by atoms with Crippen molar-refractivity contribution in [2.45, 2.75) is 18.8 Å². The van der Waals surface area contributed by atoms with Gasteiger partial charge in [0, 0.05) is 6.42 Å². The van der Waals surface area contributed by atoms with Crippen molar-refractivity contribution >= 4 is 17.4 Å². The third-order valence-electron chi connectivity index (χ3n) is 2.34. The first-order valence-electron chi connectivity index (χ1n) is 5.03. The fraction of sp³-hybridized carbons (Fsp3) is 0.364. The molecule has 0 saturated carbocycles. The standard InChI is InChI=1S/C11H6ClF7O/c12-6-3-5(1-2-7(6)13)4-8(20)9(10(14,15)16)11(17,18)19/h1-3,9H,4H2. The lowest BCUT2D eigenvalue weighted by atomic mass is 9.96. The molecule has 9 heteroatoms. The predicted octanol–water partition coefficient (Wildman–Crippen LogP) is 4.33. The Balaban J connectivity index is 3.00. The second-order valence-electron chi connectivity index (χ2n) is 3.91. The first-order valence-corrected chi connectivity index (χ1v) is 5.41. The zero-order valence-electron chi connectivity index (χ0n) is 9.45. The highest BCUT2D eigenvalue weighted by Gasteiger charge is 2.60. The molecule has 0 aliphatic heterocycles. The number of carbonyl (C=O) groups is 1. The molecule has 0 amide bonds. The Labute approximate surface area is 113 Å². The van der Waals surface area contributed by atoms with Crippen LogP contribution >= 0.6 is 11.6 Å². The minimum Gasteiger partial charge on any atom is -0.298 e. The lowest BCUT2D eigenvalue weighted by Gasteiger charge is -2.21. The molecule has 0 spiro atoms. The average molecular weight is 323 g/mol. The smallest absolute Gasteiger partial charge is 0.298 e. The molecule has 0 saturated heterocycles. The van der Waals surface area contributed by atoms with E-state index in [1.165, 1.54) is 0 Å². The molecule has 0 unspecified atom stereocenters. The molecule has 1 rings (SSSR count). The lowest BCUT2D eigenvalue weighted by molar-refractivity contribution is -0.273. The summed E-state index contributed by atoms with van der Waals surface area (Å²) in [5.74, 6) is -7.04. The maximum Gasteiger partial charge on any atom is 0.407 e. The van der Waals surface area contributed by atoms with Crippen molar-refractivity contribution in [3.05, 3.63) is 34.6 Å². The van der Waals surface area contributed by atoms with Crippen LogP contribution in [0, 0.1) is 11.7 Å². The highest BCUT2D eigenvalue weighted by molar-refractivity contribution is 6.30. The normalized spacial score (nSPS) is 12.8. The molecule has 112 valence electrons. The van der Waals surface area contributed by atoms with Crippen molar-refractivity contribution < 1.29 is 35.5 Å². The molecule has 0 atom stereocenters. The van der Waals surface area contributed by atoms with Crippen molar-refractivity contribution in [3.8, 4) is 0 Å². The summed E-state index contributed by atoms with van der Waals surface area (Å²) < 4.78 is 86.5. The number of ketones is 1. The van der Waals surface area contributed by atoms with Gasteiger partial charge in [0.15, 0.2) is 5.78 Å². The van der Waals surface area contributed by atoms with Gasteiger partial charge in [-0.1, -0.05) is 17.7 Å². The van der Waals surface area contributed by atoms with E-state index in [2.05, 4.69) is 0 Å². The van der Waals surface area contributed by atoms with Crippen LogP contribution in [0.5, 0.6) is 0 Å². The quantitative estimate of drug-likeness (QED) is 0.757. The molecular formula is C11H6ClF7O. The van der Waals surface area contributed by atoms with Crippen LogP contribution < -0.4 is 0 Å². The van der Waals surface area contributed by atoms with Gasteiger partial charge < -0.3 is 0 Å². The molecule has 1 aromatic carbocycles. The first kappa shape index (κ1) is 16.7. The van der Waals surface area contributed by atoms with E-state index < -0.39 is 41.3 Å². The molecule has 0 aromatic heterocycles. The lowest BCUT2D eigenvalue weighted by Crippen LogP contribution is -2.43. The number of rotatable bonds is 3. The summed E-state index contributed by atoms with van der Waals surface area (Å²) in [6.45, 7) is 0. The molecule has 20 heavy (non-hydrogen) atoms. The first-order chi connectivity index (χ1) is 8.93. The minimum atomic E-state index is -5.74. The highest BCUT2D eigenvalue weighted by atomic mass is 35.5. The van der Waals surface area contributed by atoms with Crippen LogP contribution in [0.25, 0.3) is 0 Å². The topological polar surface area (TPSA) is 17.1 Å². The van der Waals surface area contributed by atoms with E-state index in [-0.39, 0.29) is 5.56 Å². The zero-order chi connectivity index (χ0) is 15.7. The summed E-state index contributed by atoms with van der Waals surface area (Å²) >= 11 is 5.33. The molecule has 0 fully saturated rings. The van der Waals surface area contributed by atoms with E-state index in [1.807, 2.05) is 0 Å². The average Bonchev–Trinajstić information content (AvgIpc) is 2.18. The molecule has 0 heterocycles. The number of hydrogen-bond donors (Lipinski definition) is 0. The Morgan fingerprint density at radius 3 is 2.00 bits per heavy atom. The largest absolute Gasteiger partial charge is 0.407 e. The maximum absolute atomic E-state index is 12.8. The number of carbonyl (C=O) groups excluding carboxylic acids is 1. The van der Waals surface area contributed by atoms with Crippen molar-refractivity contribution in [1.82, 2.24) is 0 Å². The summed E-state index contributed by atoms with van der Waals surface area (Å²) in [5.41, 5.74) is -0.236. The molecular weight excluding hydrogens is 317 g/mol. The van der Waals surface area contributed by atoms with Crippen LogP contribution in [0.4, 0.5) is 30.7 Å². The van der Waals surface area contributed by atoms with Crippen LogP contribution in [0.2, 0.25) is 5.02 Å². The number of hydrogen-bond acceptors (Lipinski definition) is 1. The van der Waals surface area contributed by atoms with Gasteiger partial charge in [-0.15, -0.1) is 0 Å². The molecule has 0 N–H and O–H groups in total. The van der Waals surface area contributed by atoms with E-state index in [1.54, 1.807) is 0 Å². The molecule has 1 aromatic rings. The van der Waals surface area contributed by atoms with Crippen molar-refractivity contribution in [2.24, 2.45) is 5.92 Å². The highest BCUT2D eigenvalue weighted by Crippen LogP contribution is 2.40. The van der Waals surface area contributed by atoms with E-state index >= 15 is 0 Å². The number of alkyl halides is 6. The maximum atomic E-state index is 12.8. The van der Waals surface area contributed by atoms with Crippen molar-refractivity contribution in [3.63, 3.8) is 0 Å². The molecule has 1 nitrogen and oxygen atoms in total. The summed E-state index contributed by atoms with van der Waals surface area (Å²) in [5, 5.41) is -0.495. The van der Waals surface area contributed by atoms with Gasteiger partial charge in [-0.05, 0) is 17.7 Å². The fourth-order valence-electron chi connectivity index (χ4n) is 1.50. The van der Waals surface area contributed by atoms with Gasteiger partial charge in [-0.25, -0.2) is 4.39 Å². The fourth-order valence-corrected chi connectivity index (χ4v) is 1.71. The van der Waals surface area contributed by atoms with E-state index in [0.717, 1.165) is 18.2 Å². The van der Waals surface area contributed by atoms with Crippen LogP contribution in [-0.4, -0.2) is 18.1 Å². The van der Waals surface area contributed by atoms with Crippen LogP contribution in [0.3, 0.4) is 0 Å². The third-order valence-corrected chi connectivity index (χ3v) is 2.63. The second kappa shape index (κ2) is 5.59. The number of Topliss-reactive ketones (excluding diaryl/α,β-unsaturated/α-hetero) is 1. The zero-order valence-corrected chi connectivity index (χ0v) is 10.2. The molecule has 0 bridgehead atoms. The van der Waals surface area contributed by atoms with Gasteiger partial charge in [-0.3, -0.25) is 4.79 Å². The SMILES string of the molecule is O=C(Cc1ccc(F)c(Cl)c1)C(C(F)(F)F)C(F)(F)F. The monoisotopic (exact) mass is 322 g/mol. The van der Waals surface area contributed by atoms with Gasteiger partial charge in [0.25, 0.3) is 0 Å². The van der Waals surface area contributed by atoms with Gasteiger partial charge >= 0.3 is 12.4 Å². The number of benzene rings is 1. The van der Waals surface area contributed by atoms with Gasteiger partial charge in [0.05, 0.1) is 5.02 Å². The summed E-state index contributed by atoms with van der Waals surface area (Å²) in [6.07, 6.45) is -12.6. The Bertz CT molecular complexity index is 492. The Kier molecular flexibility index (Phi) is 4.68. The Morgan fingerprint density at radius 1 is 1.10 bits per heavy atom. The van der Waals surface area contributed by atoms with E-state index in [9.17, 15) is 35.5 Å². The van der Waals surface area contributed by atoms with E-state index in [4.69, 9.17) is 11.6 Å². The predicted molar refractivity (Wildman–Crippen MR) is 55.7 cm³/mol. The number of halogens is 8. The summed E-state index contributed by atoms with van der Waals surface area (Å²) in [4.78, 5) is 11.2. The molecule has 0 aliphatic carbocycles. The van der Waals surface area contributed by atoms with Crippen LogP contribution in [0.15, 0.2) is 18.2 Å². The molecule has 0 aliphatic rings. The van der Waals surface area contributed by atoms with Gasteiger partial charge in [0.2, 0.25) is 5.92 Å². The summed E-state index contributed by atoms with van der Waals surface area (Å²) in [7, 11) is 0. The van der Waals surface area contributed by atoms with Crippen LogP contribution in [0.1, 0.15) is 5.56 Å². The minimum absolute atomic E-state index is 0.236. The third kappa shape index (κ3) is 4.09. The van der Waals surface area contributed by atoms with Gasteiger partial charge in [0.1, 0.15) is 5.82 Å².